The predicted molar refractivity (Wildman–Crippen MR) is 94.2 cm³/mol. The zero-order valence-corrected chi connectivity index (χ0v) is 14.6. The van der Waals surface area contributed by atoms with Crippen LogP contribution < -0.4 is 10.6 Å². The number of hydrogen-bond acceptors (Lipinski definition) is 2. The lowest BCUT2D eigenvalue weighted by molar-refractivity contribution is 0.615. The highest BCUT2D eigenvalue weighted by Gasteiger charge is 1.99. The van der Waals surface area contributed by atoms with E-state index in [1.54, 1.807) is 6.07 Å². The van der Waals surface area contributed by atoms with Crippen molar-refractivity contribution in [3.63, 3.8) is 0 Å². The standard InChI is InChI=1S/C15H22N4.HI/c1-4-17-15(18-10-12(2)3)19-11-14-7-5-6-13(8-14)9-16;/h5-8,12H,4,10-11H2,1-3H3,(H2,17,18,19);1H. The molecule has 110 valence electrons. The number of nitrogens with one attached hydrogen (secondary N) is 2. The van der Waals surface area contributed by atoms with Crippen LogP contribution in [0.25, 0.3) is 0 Å². The average Bonchev–Trinajstić information content (AvgIpc) is 2.42. The smallest absolute Gasteiger partial charge is 0.191 e. The van der Waals surface area contributed by atoms with Crippen LogP contribution >= 0.6 is 24.0 Å². The maximum Gasteiger partial charge on any atom is 0.191 e. The van der Waals surface area contributed by atoms with Gasteiger partial charge in [0, 0.05) is 13.1 Å². The summed E-state index contributed by atoms with van der Waals surface area (Å²) in [6.07, 6.45) is 0. The zero-order chi connectivity index (χ0) is 14.1. The normalized spacial score (nSPS) is 10.7. The molecule has 0 saturated carbocycles. The highest BCUT2D eigenvalue weighted by molar-refractivity contribution is 14.0. The Morgan fingerprint density at radius 3 is 2.70 bits per heavy atom. The van der Waals surface area contributed by atoms with Crippen LogP contribution in [0.4, 0.5) is 0 Å². The van der Waals surface area contributed by atoms with Crippen molar-refractivity contribution in [1.29, 1.82) is 5.26 Å². The van der Waals surface area contributed by atoms with Gasteiger partial charge in [0.1, 0.15) is 0 Å². The van der Waals surface area contributed by atoms with Gasteiger partial charge in [0.15, 0.2) is 5.96 Å². The van der Waals surface area contributed by atoms with Gasteiger partial charge in [-0.1, -0.05) is 26.0 Å². The summed E-state index contributed by atoms with van der Waals surface area (Å²) in [5.41, 5.74) is 1.72. The van der Waals surface area contributed by atoms with Crippen LogP contribution in [0.2, 0.25) is 0 Å². The van der Waals surface area contributed by atoms with Gasteiger partial charge in [-0.05, 0) is 30.5 Å². The van der Waals surface area contributed by atoms with Crippen molar-refractivity contribution in [3.05, 3.63) is 35.4 Å². The van der Waals surface area contributed by atoms with Gasteiger partial charge in [-0.15, -0.1) is 24.0 Å². The van der Waals surface area contributed by atoms with E-state index in [1.807, 2.05) is 25.1 Å². The zero-order valence-electron chi connectivity index (χ0n) is 12.3. The van der Waals surface area contributed by atoms with Crippen LogP contribution in [0.15, 0.2) is 29.3 Å². The van der Waals surface area contributed by atoms with E-state index in [0.29, 0.717) is 18.0 Å². The SMILES string of the molecule is CCNC(=NCc1cccc(C#N)c1)NCC(C)C.I. The first-order chi connectivity index (χ1) is 9.15. The van der Waals surface area contributed by atoms with Gasteiger partial charge in [0.25, 0.3) is 0 Å². The Bertz CT molecular complexity index is 463. The molecule has 0 radical (unpaired) electrons. The molecule has 0 bridgehead atoms. The fraction of sp³-hybridized carbons (Fsp3) is 0.467. The van der Waals surface area contributed by atoms with E-state index in [0.717, 1.165) is 24.6 Å². The molecular weight excluding hydrogens is 363 g/mol. The van der Waals surface area contributed by atoms with Crippen molar-refractivity contribution in [2.45, 2.75) is 27.3 Å². The summed E-state index contributed by atoms with van der Waals surface area (Å²) in [6.45, 7) is 8.66. The van der Waals surface area contributed by atoms with Crippen molar-refractivity contribution < 1.29 is 0 Å². The quantitative estimate of drug-likeness (QED) is 0.465. The highest BCUT2D eigenvalue weighted by Crippen LogP contribution is 2.05. The molecule has 0 aliphatic heterocycles. The first-order valence-electron chi connectivity index (χ1n) is 6.67. The monoisotopic (exact) mass is 386 g/mol. The Balaban J connectivity index is 0.00000361. The molecule has 1 aromatic carbocycles. The third-order valence-corrected chi connectivity index (χ3v) is 2.50. The molecule has 0 aliphatic rings. The molecule has 1 rings (SSSR count). The van der Waals surface area contributed by atoms with Crippen LogP contribution in [0.1, 0.15) is 31.9 Å². The summed E-state index contributed by atoms with van der Waals surface area (Å²) in [5, 5.41) is 15.4. The molecule has 5 heteroatoms. The molecule has 0 aliphatic carbocycles. The molecule has 1 aromatic rings. The Hall–Kier alpha value is -1.29. The van der Waals surface area contributed by atoms with Gasteiger partial charge in [0.2, 0.25) is 0 Å². The van der Waals surface area contributed by atoms with Gasteiger partial charge in [-0.25, -0.2) is 4.99 Å². The second kappa shape index (κ2) is 10.5. The Labute approximate surface area is 138 Å². The number of benzene rings is 1. The van der Waals surface area contributed by atoms with E-state index in [2.05, 4.69) is 35.5 Å². The fourth-order valence-electron chi connectivity index (χ4n) is 1.55. The molecule has 0 heterocycles. The highest BCUT2D eigenvalue weighted by atomic mass is 127. The molecule has 0 atom stereocenters. The summed E-state index contributed by atoms with van der Waals surface area (Å²) in [4.78, 5) is 4.52. The van der Waals surface area contributed by atoms with Crippen LogP contribution in [0.5, 0.6) is 0 Å². The van der Waals surface area contributed by atoms with Gasteiger partial charge in [-0.2, -0.15) is 5.26 Å². The Kier molecular flexibility index (Phi) is 9.82. The molecule has 4 nitrogen and oxygen atoms in total. The number of rotatable bonds is 5. The first-order valence-corrected chi connectivity index (χ1v) is 6.67. The second-order valence-corrected chi connectivity index (χ2v) is 4.78. The van der Waals surface area contributed by atoms with Crippen LogP contribution in [0, 0.1) is 17.2 Å². The minimum atomic E-state index is 0. The van der Waals surface area contributed by atoms with Gasteiger partial charge < -0.3 is 10.6 Å². The molecule has 0 fully saturated rings. The topological polar surface area (TPSA) is 60.2 Å². The summed E-state index contributed by atoms with van der Waals surface area (Å²) >= 11 is 0. The van der Waals surface area contributed by atoms with E-state index in [-0.39, 0.29) is 24.0 Å². The number of nitriles is 1. The summed E-state index contributed by atoms with van der Waals surface area (Å²) in [5.74, 6) is 1.39. The van der Waals surface area contributed by atoms with Crippen molar-refractivity contribution in [3.8, 4) is 6.07 Å². The third-order valence-electron chi connectivity index (χ3n) is 2.50. The van der Waals surface area contributed by atoms with E-state index in [4.69, 9.17) is 5.26 Å². The second-order valence-electron chi connectivity index (χ2n) is 4.78. The summed E-state index contributed by atoms with van der Waals surface area (Å²) < 4.78 is 0. The Morgan fingerprint density at radius 1 is 1.35 bits per heavy atom. The largest absolute Gasteiger partial charge is 0.357 e. The number of hydrogen-bond donors (Lipinski definition) is 2. The molecular formula is C15H23IN4. The predicted octanol–water partition coefficient (Wildman–Crippen LogP) is 2.89. The van der Waals surface area contributed by atoms with Crippen molar-refractivity contribution in [2.24, 2.45) is 10.9 Å². The minimum Gasteiger partial charge on any atom is -0.357 e. The van der Waals surface area contributed by atoms with E-state index >= 15 is 0 Å². The molecule has 2 N–H and O–H groups in total. The van der Waals surface area contributed by atoms with Crippen LogP contribution in [0.3, 0.4) is 0 Å². The first kappa shape index (κ1) is 18.7. The van der Waals surface area contributed by atoms with Crippen molar-refractivity contribution in [2.75, 3.05) is 13.1 Å². The van der Waals surface area contributed by atoms with Crippen molar-refractivity contribution >= 4 is 29.9 Å². The van der Waals surface area contributed by atoms with Crippen LogP contribution in [-0.2, 0) is 6.54 Å². The minimum absolute atomic E-state index is 0. The number of nitrogens with zero attached hydrogens (tertiary/aromatic N) is 2. The maximum atomic E-state index is 8.86. The molecule has 0 unspecified atom stereocenters. The molecule has 0 amide bonds. The third kappa shape index (κ3) is 7.34. The lowest BCUT2D eigenvalue weighted by Crippen LogP contribution is -2.39. The van der Waals surface area contributed by atoms with Gasteiger partial charge in [0.05, 0.1) is 18.2 Å². The van der Waals surface area contributed by atoms with E-state index in [1.165, 1.54) is 0 Å². The number of aliphatic imine (C=N–C) groups is 1. The molecule has 20 heavy (non-hydrogen) atoms. The summed E-state index contributed by atoms with van der Waals surface area (Å²) in [7, 11) is 0. The molecule has 0 aromatic heterocycles. The summed E-state index contributed by atoms with van der Waals surface area (Å²) in [6, 6.07) is 9.68. The molecule has 0 spiro atoms. The number of guanidine groups is 1. The van der Waals surface area contributed by atoms with Gasteiger partial charge in [-0.3, -0.25) is 0 Å². The van der Waals surface area contributed by atoms with E-state index in [9.17, 15) is 0 Å². The number of halogens is 1. The molecule has 0 saturated heterocycles. The van der Waals surface area contributed by atoms with Gasteiger partial charge >= 0.3 is 0 Å². The maximum absolute atomic E-state index is 8.86. The van der Waals surface area contributed by atoms with E-state index < -0.39 is 0 Å². The van der Waals surface area contributed by atoms with Crippen LogP contribution in [-0.4, -0.2) is 19.0 Å². The van der Waals surface area contributed by atoms with Crippen molar-refractivity contribution in [1.82, 2.24) is 10.6 Å². The Morgan fingerprint density at radius 2 is 2.10 bits per heavy atom. The lowest BCUT2D eigenvalue weighted by Gasteiger charge is -2.12. The lowest BCUT2D eigenvalue weighted by atomic mass is 10.1. The average molecular weight is 386 g/mol. The fourth-order valence-corrected chi connectivity index (χ4v) is 1.55.